The van der Waals surface area contributed by atoms with Gasteiger partial charge in [0.15, 0.2) is 5.58 Å². The largest absolute Gasteiger partial charge is 0.440 e. The zero-order chi connectivity index (χ0) is 10.1. The van der Waals surface area contributed by atoms with Gasteiger partial charge in [-0.05, 0) is 12.1 Å². The molecule has 0 unspecified atom stereocenters. The second-order valence-electron chi connectivity index (χ2n) is 2.65. The quantitative estimate of drug-likeness (QED) is 0.751. The van der Waals surface area contributed by atoms with E-state index in [4.69, 9.17) is 32.9 Å². The fraction of sp³-hybridized carbons (Fsp3) is 0.111. The molecule has 0 aliphatic rings. The Morgan fingerprint density at radius 3 is 2.93 bits per heavy atom. The fourth-order valence-electron chi connectivity index (χ4n) is 1.13. The highest BCUT2D eigenvalue weighted by Gasteiger charge is 2.10. The number of halogens is 2. The molecule has 0 aliphatic carbocycles. The van der Waals surface area contributed by atoms with Crippen LogP contribution in [0.5, 0.6) is 0 Å². The molecule has 0 aliphatic heterocycles. The summed E-state index contributed by atoms with van der Waals surface area (Å²) >= 11 is 11.7. The van der Waals surface area contributed by atoms with Crippen molar-refractivity contribution in [3.63, 3.8) is 0 Å². The number of benzene rings is 1. The maximum Gasteiger partial charge on any atom is 0.209 e. The van der Waals surface area contributed by atoms with Crippen LogP contribution in [-0.2, 0) is 6.42 Å². The summed E-state index contributed by atoms with van der Waals surface area (Å²) in [6, 6.07) is 5.26. The smallest absolute Gasteiger partial charge is 0.209 e. The Kier molecular flexibility index (Phi) is 2.32. The summed E-state index contributed by atoms with van der Waals surface area (Å²) in [7, 11) is 0. The first-order chi connectivity index (χ1) is 6.72. The minimum Gasteiger partial charge on any atom is -0.440 e. The molecule has 1 heterocycles. The number of aromatic nitrogens is 1. The van der Waals surface area contributed by atoms with Crippen molar-refractivity contribution in [3.8, 4) is 6.07 Å². The number of oxazole rings is 1. The number of fused-ring (bicyclic) bond motifs is 1. The van der Waals surface area contributed by atoms with E-state index >= 15 is 0 Å². The van der Waals surface area contributed by atoms with Gasteiger partial charge in [0.25, 0.3) is 0 Å². The SMILES string of the molecule is N#CCc1nc2c(Cl)c(Cl)ccc2o1. The average molecular weight is 227 g/mol. The topological polar surface area (TPSA) is 49.8 Å². The number of nitrogens with zero attached hydrogens (tertiary/aromatic N) is 2. The summed E-state index contributed by atoms with van der Waals surface area (Å²) < 4.78 is 5.27. The summed E-state index contributed by atoms with van der Waals surface area (Å²) in [5, 5.41) is 9.24. The van der Waals surface area contributed by atoms with Crippen LogP contribution in [0, 0.1) is 11.3 Å². The summed E-state index contributed by atoms with van der Waals surface area (Å²) in [5.74, 6) is 0.353. The lowest BCUT2D eigenvalue weighted by Gasteiger charge is -1.92. The van der Waals surface area contributed by atoms with Gasteiger partial charge in [-0.1, -0.05) is 23.2 Å². The van der Waals surface area contributed by atoms with Crippen LogP contribution in [0.15, 0.2) is 16.5 Å². The molecule has 14 heavy (non-hydrogen) atoms. The van der Waals surface area contributed by atoms with Crippen LogP contribution < -0.4 is 0 Å². The monoisotopic (exact) mass is 226 g/mol. The summed E-state index contributed by atoms with van der Waals surface area (Å²) in [6.07, 6.45) is 0.128. The van der Waals surface area contributed by atoms with E-state index in [0.29, 0.717) is 27.0 Å². The summed E-state index contributed by atoms with van der Waals surface area (Å²) in [5.41, 5.74) is 1.05. The fourth-order valence-corrected chi connectivity index (χ4v) is 1.48. The van der Waals surface area contributed by atoms with E-state index in [1.807, 2.05) is 6.07 Å². The summed E-state index contributed by atoms with van der Waals surface area (Å²) in [6.45, 7) is 0. The van der Waals surface area contributed by atoms with E-state index < -0.39 is 0 Å². The Balaban J connectivity index is 2.66. The molecule has 0 N–H and O–H groups in total. The molecule has 70 valence electrons. The van der Waals surface area contributed by atoms with Crippen LogP contribution in [0.3, 0.4) is 0 Å². The lowest BCUT2D eigenvalue weighted by atomic mass is 10.3. The number of hydrogen-bond acceptors (Lipinski definition) is 3. The van der Waals surface area contributed by atoms with Crippen molar-refractivity contribution in [2.75, 3.05) is 0 Å². The molecule has 5 heteroatoms. The molecular formula is C9H4Cl2N2O. The molecule has 0 bridgehead atoms. The number of nitriles is 1. The van der Waals surface area contributed by atoms with Crippen molar-refractivity contribution in [1.29, 1.82) is 5.26 Å². The van der Waals surface area contributed by atoms with Gasteiger partial charge in [-0.3, -0.25) is 0 Å². The zero-order valence-electron chi connectivity index (χ0n) is 6.92. The molecule has 0 atom stereocenters. The van der Waals surface area contributed by atoms with Gasteiger partial charge in [-0.25, -0.2) is 4.98 Å². The second kappa shape index (κ2) is 3.49. The molecule has 2 rings (SSSR count). The first-order valence-electron chi connectivity index (χ1n) is 3.82. The molecule has 0 radical (unpaired) electrons. The van der Waals surface area contributed by atoms with Crippen LogP contribution in [0.2, 0.25) is 10.0 Å². The van der Waals surface area contributed by atoms with Crippen molar-refractivity contribution in [2.45, 2.75) is 6.42 Å². The van der Waals surface area contributed by atoms with Gasteiger partial charge >= 0.3 is 0 Å². The highest BCUT2D eigenvalue weighted by Crippen LogP contribution is 2.30. The minimum atomic E-state index is 0.128. The maximum absolute atomic E-state index is 8.46. The molecule has 0 spiro atoms. The van der Waals surface area contributed by atoms with E-state index in [2.05, 4.69) is 4.98 Å². The first kappa shape index (κ1) is 9.32. The molecule has 1 aromatic heterocycles. The molecule has 2 aromatic rings. The van der Waals surface area contributed by atoms with E-state index in [1.54, 1.807) is 12.1 Å². The highest BCUT2D eigenvalue weighted by molar-refractivity contribution is 6.44. The molecule has 0 amide bonds. The molecular weight excluding hydrogens is 223 g/mol. The maximum atomic E-state index is 8.46. The molecule has 0 saturated carbocycles. The van der Waals surface area contributed by atoms with Crippen LogP contribution >= 0.6 is 23.2 Å². The van der Waals surface area contributed by atoms with E-state index in [-0.39, 0.29) is 6.42 Å². The van der Waals surface area contributed by atoms with Gasteiger partial charge in [0, 0.05) is 0 Å². The van der Waals surface area contributed by atoms with Gasteiger partial charge in [-0.15, -0.1) is 0 Å². The van der Waals surface area contributed by atoms with Crippen LogP contribution in [0.1, 0.15) is 5.89 Å². The second-order valence-corrected chi connectivity index (χ2v) is 3.44. The lowest BCUT2D eigenvalue weighted by Crippen LogP contribution is -1.78. The lowest BCUT2D eigenvalue weighted by molar-refractivity contribution is 0.548. The van der Waals surface area contributed by atoms with Crippen molar-refractivity contribution in [3.05, 3.63) is 28.1 Å². The highest BCUT2D eigenvalue weighted by atomic mass is 35.5. The Bertz CT molecular complexity index is 527. The van der Waals surface area contributed by atoms with Crippen molar-refractivity contribution < 1.29 is 4.42 Å². The molecule has 1 aromatic carbocycles. The van der Waals surface area contributed by atoms with Gasteiger partial charge in [0.05, 0.1) is 16.1 Å². The van der Waals surface area contributed by atoms with Crippen LogP contribution in [-0.4, -0.2) is 4.98 Å². The van der Waals surface area contributed by atoms with Gasteiger partial charge in [-0.2, -0.15) is 5.26 Å². The first-order valence-corrected chi connectivity index (χ1v) is 4.58. The van der Waals surface area contributed by atoms with E-state index in [0.717, 1.165) is 0 Å². The Hall–Kier alpha value is -1.24. The van der Waals surface area contributed by atoms with Gasteiger partial charge in [0.2, 0.25) is 5.89 Å². The third-order valence-electron chi connectivity index (χ3n) is 1.73. The van der Waals surface area contributed by atoms with Crippen LogP contribution in [0.4, 0.5) is 0 Å². The summed E-state index contributed by atoms with van der Waals surface area (Å²) in [4.78, 5) is 4.06. The number of hydrogen-bond donors (Lipinski definition) is 0. The average Bonchev–Trinajstić information content (AvgIpc) is 2.56. The molecule has 0 saturated heterocycles. The normalized spacial score (nSPS) is 10.4. The third kappa shape index (κ3) is 1.43. The van der Waals surface area contributed by atoms with E-state index in [9.17, 15) is 0 Å². The van der Waals surface area contributed by atoms with E-state index in [1.165, 1.54) is 0 Å². The Morgan fingerprint density at radius 2 is 2.21 bits per heavy atom. The standard InChI is InChI=1S/C9H4Cl2N2O/c10-5-1-2-6-9(8(5)11)13-7(14-6)3-4-12/h1-2H,3H2. The van der Waals surface area contributed by atoms with Crippen molar-refractivity contribution >= 4 is 34.3 Å². The van der Waals surface area contributed by atoms with Gasteiger partial charge < -0.3 is 4.42 Å². The Labute approximate surface area is 89.9 Å². The third-order valence-corrected chi connectivity index (χ3v) is 2.52. The molecule has 3 nitrogen and oxygen atoms in total. The zero-order valence-corrected chi connectivity index (χ0v) is 8.43. The molecule has 0 fully saturated rings. The van der Waals surface area contributed by atoms with Crippen molar-refractivity contribution in [1.82, 2.24) is 4.98 Å². The van der Waals surface area contributed by atoms with Crippen LogP contribution in [0.25, 0.3) is 11.1 Å². The predicted molar refractivity (Wildman–Crippen MR) is 53.3 cm³/mol. The minimum absolute atomic E-state index is 0.128. The predicted octanol–water partition coefficient (Wildman–Crippen LogP) is 3.20. The number of rotatable bonds is 1. The van der Waals surface area contributed by atoms with Crippen molar-refractivity contribution in [2.24, 2.45) is 0 Å². The Morgan fingerprint density at radius 1 is 1.43 bits per heavy atom. The van der Waals surface area contributed by atoms with Gasteiger partial charge in [0.1, 0.15) is 11.9 Å².